The van der Waals surface area contributed by atoms with Crippen LogP contribution in [0.3, 0.4) is 0 Å². The van der Waals surface area contributed by atoms with Gasteiger partial charge in [-0.25, -0.2) is 9.18 Å². The Hall–Kier alpha value is -2.37. The van der Waals surface area contributed by atoms with Crippen molar-refractivity contribution in [1.82, 2.24) is 15.1 Å². The number of hydrogen-bond donors (Lipinski definition) is 1. The number of piperidine rings is 1. The zero-order valence-corrected chi connectivity index (χ0v) is 14.9. The van der Waals surface area contributed by atoms with Crippen LogP contribution in [0.5, 0.6) is 0 Å². The summed E-state index contributed by atoms with van der Waals surface area (Å²) in [6, 6.07) is 8.26. The molecule has 0 unspecified atom stereocenters. The number of aromatic amines is 1. The number of halogens is 1. The lowest BCUT2D eigenvalue weighted by molar-refractivity contribution is 0.0197. The molecular formula is C19H24FN3O2. The molecule has 0 saturated carbocycles. The van der Waals surface area contributed by atoms with E-state index in [-0.39, 0.29) is 17.8 Å². The number of nitrogens with zero attached hydrogens (tertiary/aromatic N) is 2. The van der Waals surface area contributed by atoms with E-state index in [9.17, 15) is 9.18 Å². The molecule has 1 aromatic carbocycles. The van der Waals surface area contributed by atoms with Gasteiger partial charge < -0.3 is 9.64 Å². The Balaban J connectivity index is 1.70. The van der Waals surface area contributed by atoms with Gasteiger partial charge in [0.25, 0.3) is 0 Å². The third kappa shape index (κ3) is 4.38. The van der Waals surface area contributed by atoms with Gasteiger partial charge in [0.05, 0.1) is 5.69 Å². The lowest BCUT2D eigenvalue weighted by atomic mass is 9.94. The van der Waals surface area contributed by atoms with E-state index in [4.69, 9.17) is 4.74 Å². The second-order valence-electron chi connectivity index (χ2n) is 7.48. The van der Waals surface area contributed by atoms with Gasteiger partial charge in [0, 0.05) is 30.3 Å². The number of nitrogens with one attached hydrogen (secondary N) is 1. The number of carbonyl (C=O) groups is 1. The van der Waals surface area contributed by atoms with Crippen LogP contribution in [-0.4, -0.2) is 39.9 Å². The van der Waals surface area contributed by atoms with E-state index in [1.807, 2.05) is 26.8 Å². The molecular weight excluding hydrogens is 321 g/mol. The van der Waals surface area contributed by atoms with E-state index in [1.54, 1.807) is 17.0 Å². The third-order valence-corrected chi connectivity index (χ3v) is 4.25. The molecule has 1 aliphatic rings. The lowest BCUT2D eigenvalue weighted by Crippen LogP contribution is -2.42. The highest BCUT2D eigenvalue weighted by Gasteiger charge is 2.29. The van der Waals surface area contributed by atoms with Crippen molar-refractivity contribution in [3.63, 3.8) is 0 Å². The van der Waals surface area contributed by atoms with E-state index in [1.165, 1.54) is 12.1 Å². The molecule has 1 saturated heterocycles. The summed E-state index contributed by atoms with van der Waals surface area (Å²) >= 11 is 0. The number of likely N-dealkylation sites (tertiary alicyclic amines) is 1. The Labute approximate surface area is 147 Å². The van der Waals surface area contributed by atoms with Crippen LogP contribution in [0.15, 0.2) is 30.3 Å². The quantitative estimate of drug-likeness (QED) is 0.881. The number of rotatable bonds is 2. The highest BCUT2D eigenvalue weighted by molar-refractivity contribution is 5.68. The van der Waals surface area contributed by atoms with E-state index < -0.39 is 5.60 Å². The maximum Gasteiger partial charge on any atom is 0.410 e. The predicted molar refractivity (Wildman–Crippen MR) is 93.8 cm³/mol. The van der Waals surface area contributed by atoms with Crippen molar-refractivity contribution in [1.29, 1.82) is 0 Å². The summed E-state index contributed by atoms with van der Waals surface area (Å²) < 4.78 is 18.5. The molecule has 1 N–H and O–H groups in total. The van der Waals surface area contributed by atoms with Crippen molar-refractivity contribution in [2.75, 3.05) is 13.1 Å². The maximum absolute atomic E-state index is 13.1. The molecule has 0 radical (unpaired) electrons. The summed E-state index contributed by atoms with van der Waals surface area (Å²) in [6.07, 6.45) is 1.65. The first-order valence-electron chi connectivity index (χ1n) is 8.61. The fourth-order valence-electron chi connectivity index (χ4n) is 3.04. The van der Waals surface area contributed by atoms with Crippen molar-refractivity contribution < 1.29 is 13.9 Å². The average Bonchev–Trinajstić information content (AvgIpc) is 3.04. The molecule has 2 aromatic rings. The van der Waals surface area contributed by atoms with Crippen LogP contribution in [0.1, 0.15) is 45.2 Å². The predicted octanol–water partition coefficient (Wildman–Crippen LogP) is 4.33. The average molecular weight is 345 g/mol. The summed E-state index contributed by atoms with van der Waals surface area (Å²) in [6.45, 7) is 6.94. The zero-order chi connectivity index (χ0) is 18.0. The van der Waals surface area contributed by atoms with Crippen LogP contribution in [0.4, 0.5) is 9.18 Å². The summed E-state index contributed by atoms with van der Waals surface area (Å²) in [5.74, 6) is -0.0669. The Bertz CT molecular complexity index is 734. The molecule has 1 aliphatic heterocycles. The number of hydrogen-bond acceptors (Lipinski definition) is 3. The van der Waals surface area contributed by atoms with Gasteiger partial charge in [0.15, 0.2) is 0 Å². The minimum Gasteiger partial charge on any atom is -0.444 e. The van der Waals surface area contributed by atoms with E-state index in [2.05, 4.69) is 10.2 Å². The first-order valence-corrected chi connectivity index (χ1v) is 8.61. The lowest BCUT2D eigenvalue weighted by Gasteiger charge is -2.33. The van der Waals surface area contributed by atoms with Crippen molar-refractivity contribution in [2.45, 2.75) is 45.1 Å². The van der Waals surface area contributed by atoms with Crippen LogP contribution in [0, 0.1) is 5.82 Å². The normalized spacial score (nSPS) is 18.2. The fraction of sp³-hybridized carbons (Fsp3) is 0.474. The first-order chi connectivity index (χ1) is 11.8. The van der Waals surface area contributed by atoms with Crippen LogP contribution < -0.4 is 0 Å². The monoisotopic (exact) mass is 345 g/mol. The maximum atomic E-state index is 13.1. The van der Waals surface area contributed by atoms with Crippen LogP contribution in [0.25, 0.3) is 11.3 Å². The SMILES string of the molecule is CC(C)(C)OC(=O)N1CCC[C@H](c2cc(-c3ccc(F)cc3)n[nH]2)C1. The van der Waals surface area contributed by atoms with Crippen molar-refractivity contribution >= 4 is 6.09 Å². The van der Waals surface area contributed by atoms with Gasteiger partial charge in [0.2, 0.25) is 0 Å². The number of H-pyrrole nitrogens is 1. The second-order valence-corrected chi connectivity index (χ2v) is 7.48. The molecule has 0 bridgehead atoms. The minimum atomic E-state index is -0.492. The molecule has 1 aromatic heterocycles. The molecule has 2 heterocycles. The van der Waals surface area contributed by atoms with Crippen molar-refractivity contribution in [2.24, 2.45) is 0 Å². The molecule has 134 valence electrons. The van der Waals surface area contributed by atoms with Gasteiger partial charge in [-0.1, -0.05) is 0 Å². The molecule has 1 amide bonds. The number of aromatic nitrogens is 2. The fourth-order valence-corrected chi connectivity index (χ4v) is 3.04. The Morgan fingerprint density at radius 3 is 2.72 bits per heavy atom. The number of benzene rings is 1. The van der Waals surface area contributed by atoms with Gasteiger partial charge >= 0.3 is 6.09 Å². The summed E-state index contributed by atoms with van der Waals surface area (Å²) in [5, 5.41) is 7.41. The van der Waals surface area contributed by atoms with Gasteiger partial charge in [0.1, 0.15) is 11.4 Å². The van der Waals surface area contributed by atoms with E-state index in [0.29, 0.717) is 13.1 Å². The second kappa shape index (κ2) is 6.86. The molecule has 1 atom stereocenters. The number of ether oxygens (including phenoxy) is 1. The zero-order valence-electron chi connectivity index (χ0n) is 14.9. The van der Waals surface area contributed by atoms with Gasteiger partial charge in [-0.05, 0) is 63.9 Å². The highest BCUT2D eigenvalue weighted by Crippen LogP contribution is 2.29. The van der Waals surface area contributed by atoms with Crippen molar-refractivity contribution in [3.8, 4) is 11.3 Å². The highest BCUT2D eigenvalue weighted by atomic mass is 19.1. The Morgan fingerprint density at radius 2 is 2.04 bits per heavy atom. The summed E-state index contributed by atoms with van der Waals surface area (Å²) in [5.41, 5.74) is 2.15. The molecule has 1 fully saturated rings. The minimum absolute atomic E-state index is 0.197. The topological polar surface area (TPSA) is 58.2 Å². The largest absolute Gasteiger partial charge is 0.444 e. The van der Waals surface area contributed by atoms with Gasteiger partial charge in [-0.3, -0.25) is 5.10 Å². The molecule has 0 aliphatic carbocycles. The van der Waals surface area contributed by atoms with Crippen LogP contribution in [0.2, 0.25) is 0 Å². The summed E-state index contributed by atoms with van der Waals surface area (Å²) in [7, 11) is 0. The molecule has 3 rings (SSSR count). The molecule has 5 nitrogen and oxygen atoms in total. The van der Waals surface area contributed by atoms with Gasteiger partial charge in [-0.2, -0.15) is 5.10 Å². The van der Waals surface area contributed by atoms with Crippen molar-refractivity contribution in [3.05, 3.63) is 41.8 Å². The number of amides is 1. The smallest absolute Gasteiger partial charge is 0.410 e. The Morgan fingerprint density at radius 1 is 1.32 bits per heavy atom. The van der Waals surface area contributed by atoms with E-state index in [0.717, 1.165) is 29.8 Å². The number of carbonyl (C=O) groups excluding carboxylic acids is 1. The van der Waals surface area contributed by atoms with Gasteiger partial charge in [-0.15, -0.1) is 0 Å². The van der Waals surface area contributed by atoms with Crippen LogP contribution >= 0.6 is 0 Å². The third-order valence-electron chi connectivity index (χ3n) is 4.25. The summed E-state index contributed by atoms with van der Waals surface area (Å²) in [4.78, 5) is 14.1. The Kier molecular flexibility index (Phi) is 4.79. The standard InChI is InChI=1S/C19H24FN3O2/c1-19(2,3)25-18(24)23-10-4-5-14(12-23)17-11-16(21-22-17)13-6-8-15(20)9-7-13/h6-9,11,14H,4-5,10,12H2,1-3H3,(H,21,22)/t14-/m0/s1. The molecule has 6 heteroatoms. The first kappa shape index (κ1) is 17.5. The molecule has 0 spiro atoms. The molecule has 25 heavy (non-hydrogen) atoms. The van der Waals surface area contributed by atoms with E-state index >= 15 is 0 Å². The van der Waals surface area contributed by atoms with Crippen LogP contribution in [-0.2, 0) is 4.74 Å².